The second-order valence-corrected chi connectivity index (χ2v) is 3.42. The van der Waals surface area contributed by atoms with Gasteiger partial charge in [0.1, 0.15) is 0 Å². The van der Waals surface area contributed by atoms with E-state index in [1.54, 1.807) is 7.11 Å². The third kappa shape index (κ3) is 5.18. The highest BCUT2D eigenvalue weighted by molar-refractivity contribution is 4.75. The summed E-state index contributed by atoms with van der Waals surface area (Å²) in [5.41, 5.74) is 0.201. The highest BCUT2D eigenvalue weighted by Gasteiger charge is 2.14. The molecular formula is C8H20N2O. The van der Waals surface area contributed by atoms with Crippen LogP contribution < -0.4 is 5.32 Å². The Bertz CT molecular complexity index is 104. The maximum Gasteiger partial charge on any atom is 0.0575 e. The van der Waals surface area contributed by atoms with Crippen molar-refractivity contribution in [2.45, 2.75) is 25.8 Å². The molecule has 0 aliphatic heterocycles. The summed E-state index contributed by atoms with van der Waals surface area (Å²) < 4.78 is 0. The molecule has 0 aromatic rings. The number of nitrogens with zero attached hydrogens (tertiary/aromatic N) is 1. The van der Waals surface area contributed by atoms with Crippen LogP contribution >= 0.6 is 0 Å². The van der Waals surface area contributed by atoms with E-state index in [9.17, 15) is 0 Å². The number of nitrogens with one attached hydrogen (secondary N) is 1. The van der Waals surface area contributed by atoms with Crippen LogP contribution in [0.5, 0.6) is 0 Å². The maximum atomic E-state index is 5.00. The van der Waals surface area contributed by atoms with E-state index in [4.69, 9.17) is 4.84 Å². The molecule has 0 aromatic heterocycles. The average molecular weight is 160 g/mol. The van der Waals surface area contributed by atoms with Gasteiger partial charge in [-0.05, 0) is 27.3 Å². The third-order valence-corrected chi connectivity index (χ3v) is 2.04. The Hall–Kier alpha value is -0.120. The van der Waals surface area contributed by atoms with Gasteiger partial charge in [-0.2, -0.15) is 5.06 Å². The van der Waals surface area contributed by atoms with Crippen LogP contribution in [-0.2, 0) is 4.84 Å². The summed E-state index contributed by atoms with van der Waals surface area (Å²) in [6.45, 7) is 5.30. The van der Waals surface area contributed by atoms with Gasteiger partial charge in [-0.1, -0.05) is 0 Å². The summed E-state index contributed by atoms with van der Waals surface area (Å²) in [7, 11) is 5.60. The summed E-state index contributed by atoms with van der Waals surface area (Å²) in [6, 6.07) is 0. The Balaban J connectivity index is 3.52. The lowest BCUT2D eigenvalue weighted by atomic mass is 10.0. The zero-order chi connectivity index (χ0) is 8.91. The number of hydrogen-bond donors (Lipinski definition) is 1. The van der Waals surface area contributed by atoms with Crippen molar-refractivity contribution in [1.29, 1.82) is 0 Å². The quantitative estimate of drug-likeness (QED) is 0.604. The van der Waals surface area contributed by atoms with Gasteiger partial charge in [0.15, 0.2) is 0 Å². The molecule has 3 heteroatoms. The van der Waals surface area contributed by atoms with Crippen molar-refractivity contribution >= 4 is 0 Å². The first kappa shape index (κ1) is 10.9. The van der Waals surface area contributed by atoms with Crippen LogP contribution in [0.4, 0.5) is 0 Å². The molecule has 1 N–H and O–H groups in total. The minimum atomic E-state index is 0.201. The lowest BCUT2D eigenvalue weighted by molar-refractivity contribution is -0.112. The van der Waals surface area contributed by atoms with Crippen molar-refractivity contribution in [2.75, 3.05) is 27.7 Å². The van der Waals surface area contributed by atoms with Crippen LogP contribution in [0.2, 0.25) is 0 Å². The molecule has 0 spiro atoms. The van der Waals surface area contributed by atoms with E-state index in [-0.39, 0.29) is 5.54 Å². The Morgan fingerprint density at radius 1 is 1.45 bits per heavy atom. The lowest BCUT2D eigenvalue weighted by Gasteiger charge is -2.26. The van der Waals surface area contributed by atoms with Gasteiger partial charge < -0.3 is 10.2 Å². The van der Waals surface area contributed by atoms with E-state index in [1.807, 2.05) is 19.2 Å². The molecule has 0 aromatic carbocycles. The molecule has 3 nitrogen and oxygen atoms in total. The Labute approximate surface area is 69.7 Å². The highest BCUT2D eigenvalue weighted by Crippen LogP contribution is 2.07. The van der Waals surface area contributed by atoms with Gasteiger partial charge in [0.2, 0.25) is 0 Å². The van der Waals surface area contributed by atoms with E-state index in [2.05, 4.69) is 19.2 Å². The molecule has 0 amide bonds. The Kier molecular flexibility index (Phi) is 4.65. The number of hydroxylamine groups is 2. The molecule has 0 saturated carbocycles. The molecule has 11 heavy (non-hydrogen) atoms. The second kappa shape index (κ2) is 4.70. The minimum Gasteiger partial charge on any atom is -0.315 e. The van der Waals surface area contributed by atoms with Crippen LogP contribution in [0.15, 0.2) is 0 Å². The molecule has 68 valence electrons. The summed E-state index contributed by atoms with van der Waals surface area (Å²) in [5.74, 6) is 0. The third-order valence-electron chi connectivity index (χ3n) is 2.04. The fourth-order valence-electron chi connectivity index (χ4n) is 0.653. The van der Waals surface area contributed by atoms with Crippen LogP contribution in [-0.4, -0.2) is 38.4 Å². The van der Waals surface area contributed by atoms with E-state index in [0.29, 0.717) is 0 Å². The van der Waals surface area contributed by atoms with Gasteiger partial charge in [-0.15, -0.1) is 0 Å². The lowest BCUT2D eigenvalue weighted by Crippen LogP contribution is -2.39. The summed E-state index contributed by atoms with van der Waals surface area (Å²) >= 11 is 0. The standard InChI is InChI=1S/C8H20N2O/c1-8(2,9-3)6-7-10(4)11-5/h9H,6-7H2,1-5H3. The zero-order valence-corrected chi connectivity index (χ0v) is 8.27. The van der Waals surface area contributed by atoms with Crippen LogP contribution in [0.3, 0.4) is 0 Å². The number of rotatable bonds is 5. The monoisotopic (exact) mass is 160 g/mol. The summed E-state index contributed by atoms with van der Waals surface area (Å²) in [5, 5.41) is 5.07. The van der Waals surface area contributed by atoms with Crippen molar-refractivity contribution in [1.82, 2.24) is 10.4 Å². The van der Waals surface area contributed by atoms with Crippen molar-refractivity contribution in [3.8, 4) is 0 Å². The number of hydrogen-bond acceptors (Lipinski definition) is 3. The van der Waals surface area contributed by atoms with Gasteiger partial charge >= 0.3 is 0 Å². The smallest absolute Gasteiger partial charge is 0.0575 e. The molecular weight excluding hydrogens is 140 g/mol. The largest absolute Gasteiger partial charge is 0.315 e. The van der Waals surface area contributed by atoms with E-state index in [1.165, 1.54) is 0 Å². The van der Waals surface area contributed by atoms with Crippen LogP contribution in [0.25, 0.3) is 0 Å². The Morgan fingerprint density at radius 2 is 2.00 bits per heavy atom. The summed E-state index contributed by atoms with van der Waals surface area (Å²) in [4.78, 5) is 5.00. The second-order valence-electron chi connectivity index (χ2n) is 3.42. The normalized spacial score (nSPS) is 12.5. The SMILES string of the molecule is CNC(C)(C)CCN(C)OC. The first-order valence-electron chi connectivity index (χ1n) is 3.96. The van der Waals surface area contributed by atoms with Crippen LogP contribution in [0.1, 0.15) is 20.3 Å². The van der Waals surface area contributed by atoms with Gasteiger partial charge in [-0.25, -0.2) is 0 Å². The summed E-state index contributed by atoms with van der Waals surface area (Å²) in [6.07, 6.45) is 1.08. The molecule has 0 bridgehead atoms. The van der Waals surface area contributed by atoms with Crippen molar-refractivity contribution in [3.63, 3.8) is 0 Å². The molecule has 0 saturated heterocycles. The first-order valence-corrected chi connectivity index (χ1v) is 3.96. The van der Waals surface area contributed by atoms with Crippen molar-refractivity contribution in [2.24, 2.45) is 0 Å². The molecule has 0 rings (SSSR count). The van der Waals surface area contributed by atoms with Gasteiger partial charge in [0.25, 0.3) is 0 Å². The van der Waals surface area contributed by atoms with E-state index < -0.39 is 0 Å². The first-order chi connectivity index (χ1) is 5.02. The minimum absolute atomic E-state index is 0.201. The van der Waals surface area contributed by atoms with E-state index >= 15 is 0 Å². The van der Waals surface area contributed by atoms with Crippen molar-refractivity contribution in [3.05, 3.63) is 0 Å². The predicted molar refractivity (Wildman–Crippen MR) is 47.4 cm³/mol. The van der Waals surface area contributed by atoms with Crippen LogP contribution in [0, 0.1) is 0 Å². The van der Waals surface area contributed by atoms with Gasteiger partial charge in [-0.3, -0.25) is 0 Å². The molecule has 0 aliphatic carbocycles. The topological polar surface area (TPSA) is 24.5 Å². The zero-order valence-electron chi connectivity index (χ0n) is 8.27. The molecule has 0 heterocycles. The average Bonchev–Trinajstić information content (AvgIpc) is 2.00. The molecule has 0 aliphatic rings. The van der Waals surface area contributed by atoms with Crippen molar-refractivity contribution < 1.29 is 4.84 Å². The van der Waals surface area contributed by atoms with Gasteiger partial charge in [0, 0.05) is 19.1 Å². The molecule has 0 fully saturated rings. The fraction of sp³-hybridized carbons (Fsp3) is 1.00. The van der Waals surface area contributed by atoms with Gasteiger partial charge in [0.05, 0.1) is 7.11 Å². The maximum absolute atomic E-state index is 5.00. The molecule has 0 radical (unpaired) electrons. The highest BCUT2D eigenvalue weighted by atomic mass is 16.7. The fourth-order valence-corrected chi connectivity index (χ4v) is 0.653. The molecule has 0 atom stereocenters. The predicted octanol–water partition coefficient (Wildman–Crippen LogP) is 0.868. The Morgan fingerprint density at radius 3 is 2.36 bits per heavy atom. The molecule has 0 unspecified atom stereocenters. The van der Waals surface area contributed by atoms with E-state index in [0.717, 1.165) is 13.0 Å².